The Bertz CT molecular complexity index is 289. The van der Waals surface area contributed by atoms with E-state index >= 15 is 0 Å². The molecule has 1 saturated heterocycles. The lowest BCUT2D eigenvalue weighted by molar-refractivity contribution is 0.128. The van der Waals surface area contributed by atoms with Crippen molar-refractivity contribution in [3.05, 3.63) is 0 Å². The van der Waals surface area contributed by atoms with Gasteiger partial charge in [0.05, 0.1) is 6.61 Å². The average molecular weight is 302 g/mol. The van der Waals surface area contributed by atoms with Gasteiger partial charge in [-0.25, -0.2) is 0 Å². The summed E-state index contributed by atoms with van der Waals surface area (Å²) in [5.41, 5.74) is 0. The van der Waals surface area contributed by atoms with Crippen molar-refractivity contribution in [2.45, 2.75) is 44.8 Å². The van der Waals surface area contributed by atoms with E-state index < -0.39 is 0 Å². The molecule has 2 N–H and O–H groups in total. The zero-order valence-corrected chi connectivity index (χ0v) is 14.3. The minimum atomic E-state index is 0.366. The van der Waals surface area contributed by atoms with Crippen LogP contribution >= 0.6 is 11.8 Å². The molecule has 20 heavy (non-hydrogen) atoms. The van der Waals surface area contributed by atoms with E-state index in [-0.39, 0.29) is 0 Å². The number of ether oxygens (including phenoxy) is 1. The van der Waals surface area contributed by atoms with Gasteiger partial charge in [-0.2, -0.15) is 11.8 Å². The monoisotopic (exact) mass is 301 g/mol. The van der Waals surface area contributed by atoms with E-state index in [1.165, 1.54) is 18.6 Å². The second-order valence-corrected chi connectivity index (χ2v) is 7.73. The summed E-state index contributed by atoms with van der Waals surface area (Å²) in [5, 5.41) is 6.73. The molecular formula is C15H31N3OS. The normalized spacial score (nSPS) is 23.4. The van der Waals surface area contributed by atoms with Crippen LogP contribution in [0.25, 0.3) is 0 Å². The number of nitrogens with zero attached hydrogens (tertiary/aromatic N) is 1. The number of guanidine groups is 1. The summed E-state index contributed by atoms with van der Waals surface area (Å²) < 4.78 is 5.95. The van der Waals surface area contributed by atoms with Crippen LogP contribution < -0.4 is 10.6 Å². The molecule has 1 aliphatic heterocycles. The first-order chi connectivity index (χ1) is 9.56. The van der Waals surface area contributed by atoms with Crippen LogP contribution in [0.15, 0.2) is 4.99 Å². The fourth-order valence-corrected chi connectivity index (χ4v) is 3.37. The number of hydrogen-bond donors (Lipinski definition) is 2. The van der Waals surface area contributed by atoms with Gasteiger partial charge < -0.3 is 15.4 Å². The average Bonchev–Trinajstić information content (AvgIpc) is 2.84. The summed E-state index contributed by atoms with van der Waals surface area (Å²) in [5.74, 6) is 2.88. The Morgan fingerprint density at radius 2 is 2.15 bits per heavy atom. The third-order valence-electron chi connectivity index (χ3n) is 3.53. The van der Waals surface area contributed by atoms with Crippen molar-refractivity contribution in [3.8, 4) is 0 Å². The summed E-state index contributed by atoms with van der Waals surface area (Å²) in [6, 6.07) is 0. The predicted molar refractivity (Wildman–Crippen MR) is 89.7 cm³/mol. The fourth-order valence-electron chi connectivity index (χ4n) is 2.13. The fraction of sp³-hybridized carbons (Fsp3) is 0.933. The maximum absolute atomic E-state index is 5.59. The molecule has 0 radical (unpaired) electrons. The smallest absolute Gasteiger partial charge is 0.191 e. The first kappa shape index (κ1) is 17.6. The molecule has 1 heterocycles. The Morgan fingerprint density at radius 1 is 1.35 bits per heavy atom. The maximum atomic E-state index is 5.59. The van der Waals surface area contributed by atoms with Crippen LogP contribution in [-0.4, -0.2) is 49.8 Å². The molecule has 4 nitrogen and oxygen atoms in total. The van der Waals surface area contributed by atoms with Crippen LogP contribution in [0.5, 0.6) is 0 Å². The molecule has 118 valence electrons. The third-order valence-corrected chi connectivity index (χ3v) is 5.07. The van der Waals surface area contributed by atoms with Crippen LogP contribution in [-0.2, 0) is 4.74 Å². The molecule has 0 amide bonds. The van der Waals surface area contributed by atoms with Crippen molar-refractivity contribution in [1.82, 2.24) is 10.6 Å². The Labute approximate surface area is 128 Å². The quantitative estimate of drug-likeness (QED) is 0.411. The van der Waals surface area contributed by atoms with Crippen LogP contribution in [0.1, 0.15) is 40.0 Å². The van der Waals surface area contributed by atoms with E-state index in [2.05, 4.69) is 48.2 Å². The number of nitrogens with one attached hydrogen (secondary N) is 2. The molecule has 5 heteroatoms. The van der Waals surface area contributed by atoms with Crippen molar-refractivity contribution in [3.63, 3.8) is 0 Å². The van der Waals surface area contributed by atoms with Crippen LogP contribution in [0.2, 0.25) is 0 Å². The van der Waals surface area contributed by atoms with Gasteiger partial charge >= 0.3 is 0 Å². The molecule has 0 aliphatic carbocycles. The molecule has 1 unspecified atom stereocenters. The van der Waals surface area contributed by atoms with Crippen molar-refractivity contribution < 1.29 is 4.74 Å². The lowest BCUT2D eigenvalue weighted by Crippen LogP contribution is -2.44. The first-order valence-corrected chi connectivity index (χ1v) is 8.70. The van der Waals surface area contributed by atoms with E-state index in [9.17, 15) is 0 Å². The molecule has 1 rings (SSSR count). The molecule has 1 aliphatic rings. The highest BCUT2D eigenvalue weighted by molar-refractivity contribution is 8.00. The van der Waals surface area contributed by atoms with Crippen LogP contribution in [0.3, 0.4) is 0 Å². The van der Waals surface area contributed by atoms with Crippen molar-refractivity contribution in [2.75, 3.05) is 39.1 Å². The summed E-state index contributed by atoms with van der Waals surface area (Å²) in [6.45, 7) is 10.1. The van der Waals surface area contributed by atoms with Gasteiger partial charge in [-0.05, 0) is 37.9 Å². The molecule has 0 aromatic heterocycles. The first-order valence-electron chi connectivity index (χ1n) is 7.72. The van der Waals surface area contributed by atoms with Gasteiger partial charge in [0.15, 0.2) is 5.96 Å². The topological polar surface area (TPSA) is 45.7 Å². The lowest BCUT2D eigenvalue weighted by Gasteiger charge is -2.24. The highest BCUT2D eigenvalue weighted by Crippen LogP contribution is 2.36. The molecule has 0 aromatic rings. The lowest BCUT2D eigenvalue weighted by atomic mass is 10.1. The van der Waals surface area contributed by atoms with Crippen LogP contribution in [0.4, 0.5) is 0 Å². The van der Waals surface area contributed by atoms with Gasteiger partial charge in [-0.3, -0.25) is 4.99 Å². The molecule has 1 atom stereocenters. The van der Waals surface area contributed by atoms with Crippen molar-refractivity contribution in [2.24, 2.45) is 10.9 Å². The van der Waals surface area contributed by atoms with Gasteiger partial charge in [0.25, 0.3) is 0 Å². The zero-order chi connectivity index (χ0) is 14.8. The second kappa shape index (κ2) is 9.50. The highest BCUT2D eigenvalue weighted by atomic mass is 32.2. The summed E-state index contributed by atoms with van der Waals surface area (Å²) in [7, 11) is 1.82. The number of hydrogen-bond acceptors (Lipinski definition) is 3. The summed E-state index contributed by atoms with van der Waals surface area (Å²) >= 11 is 2.06. The summed E-state index contributed by atoms with van der Waals surface area (Å²) in [6.07, 6.45) is 3.75. The minimum Gasteiger partial charge on any atom is -0.380 e. The molecule has 0 bridgehead atoms. The molecule has 0 saturated carbocycles. The second-order valence-electron chi connectivity index (χ2n) is 6.05. The molecule has 1 fully saturated rings. The van der Waals surface area contributed by atoms with Crippen molar-refractivity contribution in [1.29, 1.82) is 0 Å². The molecular weight excluding hydrogens is 270 g/mol. The number of rotatable bonds is 8. The Kier molecular flexibility index (Phi) is 8.38. The standard InChI is InChI=1S/C15H31N3OS/c1-13(2)6-9-19-10-8-17-14(16-4)18-12-15(3)7-5-11-20-15/h13H,5-12H2,1-4H3,(H2,16,17,18). The Morgan fingerprint density at radius 3 is 2.75 bits per heavy atom. The van der Waals surface area contributed by atoms with Crippen LogP contribution in [0, 0.1) is 5.92 Å². The summed E-state index contributed by atoms with van der Waals surface area (Å²) in [4.78, 5) is 4.26. The zero-order valence-electron chi connectivity index (χ0n) is 13.5. The number of thioether (sulfide) groups is 1. The minimum absolute atomic E-state index is 0.366. The van der Waals surface area contributed by atoms with Gasteiger partial charge in [0.1, 0.15) is 0 Å². The predicted octanol–water partition coefficient (Wildman–Crippen LogP) is 2.50. The molecule has 0 aromatic carbocycles. The number of aliphatic imine (C=N–C) groups is 1. The van der Waals surface area contributed by atoms with E-state index in [0.717, 1.165) is 38.7 Å². The van der Waals surface area contributed by atoms with Gasteiger partial charge in [-0.1, -0.05) is 13.8 Å². The SMILES string of the molecule is CN=C(NCCOCCC(C)C)NCC1(C)CCCS1. The maximum Gasteiger partial charge on any atom is 0.191 e. The Balaban J connectivity index is 2.08. The van der Waals surface area contributed by atoms with Gasteiger partial charge in [0.2, 0.25) is 0 Å². The van der Waals surface area contributed by atoms with Crippen molar-refractivity contribution >= 4 is 17.7 Å². The van der Waals surface area contributed by atoms with Gasteiger partial charge in [0, 0.05) is 31.5 Å². The third kappa shape index (κ3) is 7.39. The van der Waals surface area contributed by atoms with E-state index in [0.29, 0.717) is 10.7 Å². The largest absolute Gasteiger partial charge is 0.380 e. The van der Waals surface area contributed by atoms with Gasteiger partial charge in [-0.15, -0.1) is 0 Å². The van der Waals surface area contributed by atoms with E-state index in [1.807, 2.05) is 7.05 Å². The molecule has 0 spiro atoms. The highest BCUT2D eigenvalue weighted by Gasteiger charge is 2.29. The Hall–Kier alpha value is -0.420. The van der Waals surface area contributed by atoms with E-state index in [4.69, 9.17) is 4.74 Å². The van der Waals surface area contributed by atoms with E-state index in [1.54, 1.807) is 0 Å².